The van der Waals surface area contributed by atoms with Crippen LogP contribution in [0.3, 0.4) is 0 Å². The van der Waals surface area contributed by atoms with Gasteiger partial charge < -0.3 is 20.4 Å². The molecule has 1 aromatic heterocycles. The van der Waals surface area contributed by atoms with E-state index >= 15 is 0 Å². The Morgan fingerprint density at radius 3 is 2.43 bits per heavy atom. The van der Waals surface area contributed by atoms with E-state index in [9.17, 15) is 32.8 Å². The van der Waals surface area contributed by atoms with Crippen LogP contribution in [0.5, 0.6) is 0 Å². The Balaban J connectivity index is 0.852. The molecule has 2 fully saturated rings. The maximum Gasteiger partial charge on any atom is 0.262 e. The van der Waals surface area contributed by atoms with E-state index in [1.54, 1.807) is 12.1 Å². The van der Waals surface area contributed by atoms with Gasteiger partial charge in [-0.25, -0.2) is 8.78 Å². The molecule has 3 aromatic carbocycles. The largest absolute Gasteiger partial charge is 0.389 e. The molecular formula is C44H47F2N5O6S. The van der Waals surface area contributed by atoms with Gasteiger partial charge in [0.15, 0.2) is 0 Å². The van der Waals surface area contributed by atoms with Crippen LogP contribution < -0.4 is 16.4 Å². The first kappa shape index (κ1) is 40.8. The molecule has 5 amide bonds. The van der Waals surface area contributed by atoms with E-state index < -0.39 is 35.6 Å². The van der Waals surface area contributed by atoms with Gasteiger partial charge in [0.05, 0.1) is 29.7 Å². The van der Waals surface area contributed by atoms with Crippen molar-refractivity contribution in [3.8, 4) is 11.1 Å². The molecule has 0 spiro atoms. The fraction of sp³-hybridized carbons (Fsp3) is 0.409. The first-order valence-corrected chi connectivity index (χ1v) is 20.4. The molecule has 0 radical (unpaired) electrons. The monoisotopic (exact) mass is 811 g/mol. The lowest BCUT2D eigenvalue weighted by molar-refractivity contribution is -0.136. The summed E-state index contributed by atoms with van der Waals surface area (Å²) in [6.07, 6.45) is 7.84. The van der Waals surface area contributed by atoms with Crippen LogP contribution in [0.15, 0.2) is 66.9 Å². The summed E-state index contributed by atoms with van der Waals surface area (Å²) in [5, 5.41) is 6.14. The number of aromatic nitrogens is 1. The number of thiocarbonyl (C=S) groups is 1. The number of imide groups is 2. The number of amides is 5. The normalized spacial score (nSPS) is 18.1. The van der Waals surface area contributed by atoms with Gasteiger partial charge in [-0.3, -0.25) is 34.2 Å². The molecule has 3 heterocycles. The molecular weight excluding hydrogens is 765 g/mol. The Hall–Kier alpha value is -5.34. The van der Waals surface area contributed by atoms with Crippen LogP contribution in [0.2, 0.25) is 0 Å². The van der Waals surface area contributed by atoms with Gasteiger partial charge in [0.25, 0.3) is 11.8 Å². The average Bonchev–Trinajstić information content (AvgIpc) is 3.69. The number of nitrogens with one attached hydrogen (secondary N) is 2. The topological polar surface area (TPSA) is 153 Å². The number of alkyl halides is 2. The molecule has 58 heavy (non-hydrogen) atoms. The molecule has 7 rings (SSSR count). The predicted molar refractivity (Wildman–Crippen MR) is 220 cm³/mol. The highest BCUT2D eigenvalue weighted by molar-refractivity contribution is 7.80. The number of carbonyl (C=O) groups excluding carboxylic acids is 5. The average molecular weight is 812 g/mol. The van der Waals surface area contributed by atoms with Gasteiger partial charge in [0.2, 0.25) is 23.6 Å². The van der Waals surface area contributed by atoms with Crippen LogP contribution in [-0.4, -0.2) is 69.2 Å². The van der Waals surface area contributed by atoms with Crippen LogP contribution in [0, 0.1) is 0 Å². The van der Waals surface area contributed by atoms with Gasteiger partial charge >= 0.3 is 0 Å². The van der Waals surface area contributed by atoms with E-state index in [0.717, 1.165) is 70.2 Å². The lowest BCUT2D eigenvalue weighted by Gasteiger charge is -2.29. The van der Waals surface area contributed by atoms with Gasteiger partial charge in [0, 0.05) is 60.3 Å². The van der Waals surface area contributed by atoms with E-state index in [0.29, 0.717) is 42.7 Å². The zero-order valence-corrected chi connectivity index (χ0v) is 33.0. The summed E-state index contributed by atoms with van der Waals surface area (Å²) < 4.78 is 36.0. The number of hydrogen-bond donors (Lipinski definition) is 3. The molecule has 1 atom stereocenters. The molecule has 1 saturated heterocycles. The minimum Gasteiger partial charge on any atom is -0.389 e. The third-order valence-electron chi connectivity index (χ3n) is 11.4. The number of benzene rings is 3. The number of hydrogen-bond acceptors (Lipinski definition) is 7. The molecule has 4 N–H and O–H groups in total. The number of anilines is 1. The smallest absolute Gasteiger partial charge is 0.262 e. The standard InChI is InChI=1S/C44H47F2N5O6S/c45-44(46)20-17-31(18-21-44)50-26-34(28-10-6-11-29(24-28)40(47)58)32-14-13-30(25-36(32)50)48-38(53)19-23-57-22-5-3-1-2-4-8-27-9-7-12-33-39(27)43(56)51(42(33)55)35-15-16-37(52)49-41(35)54/h6-7,9-14,24-26,31,35H,1-5,8,15-23H2,(H2,47,58)(H,48,53)(H,49,52,54). The minimum atomic E-state index is -2.65. The van der Waals surface area contributed by atoms with Gasteiger partial charge in [0.1, 0.15) is 11.0 Å². The predicted octanol–water partition coefficient (Wildman–Crippen LogP) is 7.63. The lowest BCUT2D eigenvalue weighted by atomic mass is 9.92. The van der Waals surface area contributed by atoms with Crippen molar-refractivity contribution in [3.05, 3.63) is 89.1 Å². The lowest BCUT2D eigenvalue weighted by Crippen LogP contribution is -2.54. The van der Waals surface area contributed by atoms with Gasteiger partial charge in [-0.05, 0) is 73.9 Å². The quantitative estimate of drug-likeness (QED) is 0.0594. The van der Waals surface area contributed by atoms with Crippen molar-refractivity contribution >= 4 is 63.3 Å². The van der Waals surface area contributed by atoms with Crippen molar-refractivity contribution in [1.82, 2.24) is 14.8 Å². The summed E-state index contributed by atoms with van der Waals surface area (Å²) in [4.78, 5) is 64.6. The number of rotatable bonds is 16. The van der Waals surface area contributed by atoms with Gasteiger partial charge in [-0.1, -0.05) is 67.9 Å². The van der Waals surface area contributed by atoms with E-state index in [-0.39, 0.29) is 55.6 Å². The second-order valence-electron chi connectivity index (χ2n) is 15.4. The molecule has 304 valence electrons. The molecule has 1 aliphatic carbocycles. The number of aryl methyl sites for hydroxylation is 1. The number of carbonyl (C=O) groups is 5. The summed E-state index contributed by atoms with van der Waals surface area (Å²) in [7, 11) is 0. The van der Waals surface area contributed by atoms with Crippen LogP contribution in [0.25, 0.3) is 22.0 Å². The summed E-state index contributed by atoms with van der Waals surface area (Å²) in [6, 6.07) is 17.5. The summed E-state index contributed by atoms with van der Waals surface area (Å²) in [5.74, 6) is -4.85. The molecule has 2 aliphatic heterocycles. The Morgan fingerprint density at radius 1 is 0.897 bits per heavy atom. The molecule has 1 unspecified atom stereocenters. The first-order chi connectivity index (χ1) is 27.9. The van der Waals surface area contributed by atoms with E-state index in [2.05, 4.69) is 15.2 Å². The number of fused-ring (bicyclic) bond motifs is 2. The Bertz CT molecular complexity index is 2260. The summed E-state index contributed by atoms with van der Waals surface area (Å²) in [5.41, 5.74) is 11.4. The fourth-order valence-electron chi connectivity index (χ4n) is 8.34. The third-order valence-corrected chi connectivity index (χ3v) is 11.7. The number of ether oxygens (including phenoxy) is 1. The molecule has 14 heteroatoms. The Kier molecular flexibility index (Phi) is 12.4. The van der Waals surface area contributed by atoms with Crippen LogP contribution >= 0.6 is 12.2 Å². The molecule has 3 aliphatic rings. The highest BCUT2D eigenvalue weighted by Gasteiger charge is 2.45. The van der Waals surface area contributed by atoms with Crippen molar-refractivity contribution in [2.24, 2.45) is 5.73 Å². The highest BCUT2D eigenvalue weighted by Crippen LogP contribution is 2.42. The van der Waals surface area contributed by atoms with E-state index in [4.69, 9.17) is 22.7 Å². The molecule has 11 nitrogen and oxygen atoms in total. The van der Waals surface area contributed by atoms with Crippen molar-refractivity contribution in [2.75, 3.05) is 18.5 Å². The second-order valence-corrected chi connectivity index (χ2v) is 15.9. The van der Waals surface area contributed by atoms with Crippen molar-refractivity contribution in [2.45, 2.75) is 101 Å². The zero-order valence-electron chi connectivity index (χ0n) is 32.2. The Labute approximate surface area is 340 Å². The van der Waals surface area contributed by atoms with E-state index in [1.165, 1.54) is 0 Å². The maximum atomic E-state index is 14.1. The van der Waals surface area contributed by atoms with E-state index in [1.807, 2.05) is 54.7 Å². The fourth-order valence-corrected chi connectivity index (χ4v) is 8.46. The first-order valence-electron chi connectivity index (χ1n) is 20.0. The number of piperidine rings is 1. The maximum absolute atomic E-state index is 14.1. The minimum absolute atomic E-state index is 0.0767. The number of unbranched alkanes of at least 4 members (excludes halogenated alkanes) is 4. The number of halogens is 2. The van der Waals surface area contributed by atoms with Crippen LogP contribution in [0.4, 0.5) is 14.5 Å². The summed E-state index contributed by atoms with van der Waals surface area (Å²) >= 11 is 5.20. The second kappa shape index (κ2) is 17.7. The summed E-state index contributed by atoms with van der Waals surface area (Å²) in [6.45, 7) is 0.789. The number of nitrogens with two attached hydrogens (primary N) is 1. The number of nitrogens with zero attached hydrogens (tertiary/aromatic N) is 2. The highest BCUT2D eigenvalue weighted by atomic mass is 32.1. The van der Waals surface area contributed by atoms with Gasteiger partial charge in [-0.15, -0.1) is 0 Å². The zero-order chi connectivity index (χ0) is 41.0. The molecule has 0 bridgehead atoms. The van der Waals surface area contributed by atoms with Crippen molar-refractivity contribution in [3.63, 3.8) is 0 Å². The third kappa shape index (κ3) is 9.02. The molecule has 1 saturated carbocycles. The van der Waals surface area contributed by atoms with Crippen LogP contribution in [-0.2, 0) is 25.5 Å². The van der Waals surface area contributed by atoms with Gasteiger partial charge in [-0.2, -0.15) is 0 Å². The van der Waals surface area contributed by atoms with Crippen LogP contribution in [0.1, 0.15) is 115 Å². The van der Waals surface area contributed by atoms with Crippen molar-refractivity contribution in [1.29, 1.82) is 0 Å². The Morgan fingerprint density at radius 2 is 1.66 bits per heavy atom. The SMILES string of the molecule is NC(=S)c1cccc(-c2cn(C3CCC(F)(F)CC3)c3cc(NC(=O)CCOCCCCCCCc4cccc5c4C(=O)N(C4CCC(=O)NC4=O)C5=O)ccc23)c1. The molecule has 4 aromatic rings. The van der Waals surface area contributed by atoms with Crippen molar-refractivity contribution < 1.29 is 37.5 Å².